The van der Waals surface area contributed by atoms with Crippen molar-refractivity contribution in [1.82, 2.24) is 4.98 Å². The molecule has 2 aromatic rings. The standard InChI is InChI=1S/C16H17ClN2O2S/c17-11-5-7-14(20)13(8-11)15(21)19-16-18-12(9-22-16)6-4-10-2-1-3-10/h5,7-10,20H,1-4,6H2,(H,18,19,21). The summed E-state index contributed by atoms with van der Waals surface area (Å²) in [7, 11) is 0. The van der Waals surface area contributed by atoms with E-state index in [1.807, 2.05) is 5.38 Å². The van der Waals surface area contributed by atoms with E-state index in [-0.39, 0.29) is 11.3 Å². The van der Waals surface area contributed by atoms with Crippen LogP contribution in [-0.4, -0.2) is 16.0 Å². The van der Waals surface area contributed by atoms with Crippen molar-refractivity contribution in [3.05, 3.63) is 39.9 Å². The first-order valence-electron chi connectivity index (χ1n) is 7.36. The second-order valence-corrected chi connectivity index (χ2v) is 6.89. The van der Waals surface area contributed by atoms with Crippen LogP contribution in [-0.2, 0) is 6.42 Å². The molecule has 1 saturated carbocycles. The molecule has 22 heavy (non-hydrogen) atoms. The van der Waals surface area contributed by atoms with Crippen LogP contribution < -0.4 is 5.32 Å². The van der Waals surface area contributed by atoms with Crippen molar-refractivity contribution in [2.45, 2.75) is 32.1 Å². The van der Waals surface area contributed by atoms with Gasteiger partial charge >= 0.3 is 0 Å². The maximum atomic E-state index is 12.2. The fourth-order valence-corrected chi connectivity index (χ4v) is 3.38. The van der Waals surface area contributed by atoms with Crippen molar-refractivity contribution in [2.24, 2.45) is 5.92 Å². The molecular weight excluding hydrogens is 320 g/mol. The van der Waals surface area contributed by atoms with Gasteiger partial charge in [0.1, 0.15) is 5.75 Å². The molecule has 1 amide bonds. The summed E-state index contributed by atoms with van der Waals surface area (Å²) in [6, 6.07) is 4.39. The summed E-state index contributed by atoms with van der Waals surface area (Å²) in [6.07, 6.45) is 6.15. The average molecular weight is 337 g/mol. The van der Waals surface area contributed by atoms with E-state index in [0.29, 0.717) is 10.2 Å². The quantitative estimate of drug-likeness (QED) is 0.845. The average Bonchev–Trinajstić information content (AvgIpc) is 2.87. The van der Waals surface area contributed by atoms with Crippen molar-refractivity contribution >= 4 is 34.0 Å². The number of nitrogens with one attached hydrogen (secondary N) is 1. The Bertz CT molecular complexity index is 683. The number of aromatic hydroxyl groups is 1. The number of halogens is 1. The van der Waals surface area contributed by atoms with Crippen molar-refractivity contribution in [1.29, 1.82) is 0 Å². The number of aromatic nitrogens is 1. The highest BCUT2D eigenvalue weighted by Crippen LogP contribution is 2.31. The molecule has 2 N–H and O–H groups in total. The molecule has 4 nitrogen and oxygen atoms in total. The van der Waals surface area contributed by atoms with Gasteiger partial charge in [-0.25, -0.2) is 4.98 Å². The first kappa shape index (κ1) is 15.3. The lowest BCUT2D eigenvalue weighted by molar-refractivity contribution is 0.102. The molecule has 6 heteroatoms. The van der Waals surface area contributed by atoms with Crippen LogP contribution in [0.4, 0.5) is 5.13 Å². The van der Waals surface area contributed by atoms with Crippen LogP contribution in [0.15, 0.2) is 23.6 Å². The van der Waals surface area contributed by atoms with Crippen molar-refractivity contribution in [3.8, 4) is 5.75 Å². The van der Waals surface area contributed by atoms with E-state index >= 15 is 0 Å². The van der Waals surface area contributed by atoms with Gasteiger partial charge in [-0.15, -0.1) is 11.3 Å². The van der Waals surface area contributed by atoms with Crippen molar-refractivity contribution in [2.75, 3.05) is 5.32 Å². The number of thiazole rings is 1. The van der Waals surface area contributed by atoms with Crippen LogP contribution in [0, 0.1) is 5.92 Å². The lowest BCUT2D eigenvalue weighted by Crippen LogP contribution is -2.13. The molecule has 0 saturated heterocycles. The number of phenolic OH excluding ortho intramolecular Hbond substituents is 1. The summed E-state index contributed by atoms with van der Waals surface area (Å²) >= 11 is 7.26. The second kappa shape index (κ2) is 6.67. The first-order chi connectivity index (χ1) is 10.6. The Labute approximate surface area is 138 Å². The van der Waals surface area contributed by atoms with Gasteiger partial charge in [-0.2, -0.15) is 0 Å². The Morgan fingerprint density at radius 3 is 3.00 bits per heavy atom. The number of benzene rings is 1. The van der Waals surface area contributed by atoms with Gasteiger partial charge in [0.2, 0.25) is 0 Å². The molecule has 1 aliphatic rings. The number of carbonyl (C=O) groups is 1. The van der Waals surface area contributed by atoms with Gasteiger partial charge in [0, 0.05) is 10.4 Å². The van der Waals surface area contributed by atoms with Crippen LogP contribution in [0.5, 0.6) is 5.75 Å². The van der Waals surface area contributed by atoms with E-state index < -0.39 is 5.91 Å². The highest BCUT2D eigenvalue weighted by atomic mass is 35.5. The van der Waals surface area contributed by atoms with Crippen LogP contribution in [0.1, 0.15) is 41.7 Å². The number of nitrogens with zero attached hydrogens (tertiary/aromatic N) is 1. The van der Waals surface area contributed by atoms with E-state index in [2.05, 4.69) is 10.3 Å². The van der Waals surface area contributed by atoms with Gasteiger partial charge in [0.15, 0.2) is 5.13 Å². The molecule has 0 spiro atoms. The minimum atomic E-state index is -0.403. The number of aryl methyl sites for hydroxylation is 1. The van der Waals surface area contributed by atoms with E-state index in [4.69, 9.17) is 11.6 Å². The highest BCUT2D eigenvalue weighted by molar-refractivity contribution is 7.14. The molecule has 0 bridgehead atoms. The van der Waals surface area contributed by atoms with Crippen molar-refractivity contribution in [3.63, 3.8) is 0 Å². The van der Waals surface area contributed by atoms with Crippen LogP contribution in [0.25, 0.3) is 0 Å². The van der Waals surface area contributed by atoms with E-state index in [1.54, 1.807) is 0 Å². The normalized spacial score (nSPS) is 14.6. The zero-order chi connectivity index (χ0) is 15.5. The molecule has 0 aliphatic heterocycles. The first-order valence-corrected chi connectivity index (χ1v) is 8.62. The Hall–Kier alpha value is -1.59. The minimum absolute atomic E-state index is 0.0938. The number of amides is 1. The monoisotopic (exact) mass is 336 g/mol. The van der Waals surface area contributed by atoms with E-state index in [1.165, 1.54) is 55.2 Å². The highest BCUT2D eigenvalue weighted by Gasteiger charge is 2.18. The molecule has 1 heterocycles. The SMILES string of the molecule is O=C(Nc1nc(CCC2CCC2)cs1)c1cc(Cl)ccc1O. The fraction of sp³-hybridized carbons (Fsp3) is 0.375. The number of carbonyl (C=O) groups excluding carboxylic acids is 1. The smallest absolute Gasteiger partial charge is 0.261 e. The van der Waals surface area contributed by atoms with Gasteiger partial charge in [-0.3, -0.25) is 10.1 Å². The summed E-state index contributed by atoms with van der Waals surface area (Å²) in [5.41, 5.74) is 1.17. The Morgan fingerprint density at radius 1 is 1.45 bits per heavy atom. The predicted octanol–water partition coefficient (Wildman–Crippen LogP) is 4.49. The number of phenols is 1. The van der Waals surface area contributed by atoms with Crippen LogP contribution in [0.2, 0.25) is 5.02 Å². The molecule has 1 aromatic heterocycles. The Kier molecular flexibility index (Phi) is 4.64. The largest absolute Gasteiger partial charge is 0.507 e. The fourth-order valence-electron chi connectivity index (χ4n) is 2.47. The van der Waals surface area contributed by atoms with Gasteiger partial charge in [-0.05, 0) is 37.0 Å². The molecule has 1 aliphatic carbocycles. The third-order valence-electron chi connectivity index (χ3n) is 4.01. The molecule has 1 aromatic carbocycles. The van der Waals surface area contributed by atoms with Gasteiger partial charge in [-0.1, -0.05) is 30.9 Å². The lowest BCUT2D eigenvalue weighted by atomic mass is 9.82. The molecular formula is C16H17ClN2O2S. The molecule has 3 rings (SSSR count). The molecule has 116 valence electrons. The minimum Gasteiger partial charge on any atom is -0.507 e. The molecule has 0 atom stereocenters. The summed E-state index contributed by atoms with van der Waals surface area (Å²) in [6.45, 7) is 0. The summed E-state index contributed by atoms with van der Waals surface area (Å²) in [4.78, 5) is 16.6. The zero-order valence-corrected chi connectivity index (χ0v) is 13.6. The number of hydrogen-bond acceptors (Lipinski definition) is 4. The zero-order valence-electron chi connectivity index (χ0n) is 12.0. The van der Waals surface area contributed by atoms with Crippen LogP contribution in [0.3, 0.4) is 0 Å². The topological polar surface area (TPSA) is 62.2 Å². The van der Waals surface area contributed by atoms with Crippen LogP contribution >= 0.6 is 22.9 Å². The maximum Gasteiger partial charge on any atom is 0.261 e. The summed E-state index contributed by atoms with van der Waals surface area (Å²) in [5.74, 6) is 0.353. The Morgan fingerprint density at radius 2 is 2.27 bits per heavy atom. The van der Waals surface area contributed by atoms with Gasteiger partial charge in [0.05, 0.1) is 11.3 Å². The van der Waals surface area contributed by atoms with E-state index in [0.717, 1.165) is 18.0 Å². The Balaban J connectivity index is 1.61. The molecule has 0 unspecified atom stereocenters. The maximum absolute atomic E-state index is 12.2. The number of hydrogen-bond donors (Lipinski definition) is 2. The van der Waals surface area contributed by atoms with E-state index in [9.17, 15) is 9.90 Å². The molecule has 1 fully saturated rings. The van der Waals surface area contributed by atoms with Crippen molar-refractivity contribution < 1.29 is 9.90 Å². The third-order valence-corrected chi connectivity index (χ3v) is 5.05. The number of anilines is 1. The van der Waals surface area contributed by atoms with Gasteiger partial charge in [0.25, 0.3) is 5.91 Å². The molecule has 0 radical (unpaired) electrons. The predicted molar refractivity (Wildman–Crippen MR) is 88.8 cm³/mol. The summed E-state index contributed by atoms with van der Waals surface area (Å²) in [5, 5.41) is 15.4. The lowest BCUT2D eigenvalue weighted by Gasteiger charge is -2.24. The van der Waals surface area contributed by atoms with Gasteiger partial charge < -0.3 is 5.11 Å². The second-order valence-electron chi connectivity index (χ2n) is 5.60. The third kappa shape index (κ3) is 3.59. The number of rotatable bonds is 5. The summed E-state index contributed by atoms with van der Waals surface area (Å²) < 4.78 is 0.